The molecule has 0 aliphatic carbocycles. The van der Waals surface area contributed by atoms with Gasteiger partial charge in [0.15, 0.2) is 0 Å². The van der Waals surface area contributed by atoms with Gasteiger partial charge in [0.1, 0.15) is 5.82 Å². The first-order chi connectivity index (χ1) is 5.79. The van der Waals surface area contributed by atoms with Gasteiger partial charge in [-0.25, -0.2) is 4.98 Å². The van der Waals surface area contributed by atoms with E-state index in [4.69, 9.17) is 11.6 Å². The lowest BCUT2D eigenvalue weighted by Gasteiger charge is -2.23. The molecule has 0 saturated carbocycles. The van der Waals surface area contributed by atoms with Crippen LogP contribution in [0, 0.1) is 0 Å². The normalized spacial score (nSPS) is 15.5. The molecule has 1 aliphatic rings. The zero-order valence-electron chi connectivity index (χ0n) is 6.79. The number of hydrogen-bond donors (Lipinski definition) is 0. The second kappa shape index (κ2) is 2.79. The number of fused-ring (bicyclic) bond motifs is 1. The summed E-state index contributed by atoms with van der Waals surface area (Å²) in [5.41, 5.74) is 1.02. The van der Waals surface area contributed by atoms with Crippen molar-refractivity contribution in [3.8, 4) is 0 Å². The Hall–Kier alpha value is -1.02. The first kappa shape index (κ1) is 7.62. The summed E-state index contributed by atoms with van der Waals surface area (Å²) >= 11 is 6.01. The molecule has 0 atom stereocenters. The molecule has 0 bridgehead atoms. The van der Waals surface area contributed by atoms with E-state index in [-0.39, 0.29) is 0 Å². The van der Waals surface area contributed by atoms with Crippen LogP contribution >= 0.6 is 11.6 Å². The van der Waals surface area contributed by atoms with Gasteiger partial charge in [-0.3, -0.25) is 0 Å². The lowest BCUT2D eigenvalue weighted by Crippen LogP contribution is -2.22. The van der Waals surface area contributed by atoms with Crippen LogP contribution in [0.3, 0.4) is 0 Å². The average molecular weight is 181 g/mol. The van der Waals surface area contributed by atoms with E-state index >= 15 is 0 Å². The van der Waals surface area contributed by atoms with Crippen LogP contribution in [0.5, 0.6) is 0 Å². The van der Waals surface area contributed by atoms with Gasteiger partial charge in [0.2, 0.25) is 0 Å². The number of pyridine rings is 1. The minimum absolute atomic E-state index is 0.802. The van der Waals surface area contributed by atoms with Gasteiger partial charge in [-0.05, 0) is 18.2 Å². The molecule has 0 aromatic carbocycles. The molecule has 0 amide bonds. The lowest BCUT2D eigenvalue weighted by atomic mass is 10.2. The number of rotatable bonds is 0. The highest BCUT2D eigenvalue weighted by molar-refractivity contribution is 6.49. The van der Waals surface area contributed by atoms with Crippen LogP contribution in [0.1, 0.15) is 5.56 Å². The standard InChI is InChI=1S/C9H9ClN2/c1-12-6-4-8(10)7-3-2-5-11-9(7)12/h2-5H,6H2,1H3. The molecule has 0 fully saturated rings. The maximum atomic E-state index is 6.01. The Labute approximate surface area is 76.5 Å². The third-order valence-corrected chi connectivity index (χ3v) is 2.31. The topological polar surface area (TPSA) is 16.1 Å². The van der Waals surface area contributed by atoms with E-state index in [9.17, 15) is 0 Å². The summed E-state index contributed by atoms with van der Waals surface area (Å²) < 4.78 is 0. The first-order valence-electron chi connectivity index (χ1n) is 3.81. The third kappa shape index (κ3) is 1.08. The maximum absolute atomic E-state index is 6.01. The van der Waals surface area contributed by atoms with Crippen LogP contribution < -0.4 is 4.90 Å². The van der Waals surface area contributed by atoms with Crippen LogP contribution in [0.2, 0.25) is 0 Å². The molecule has 0 saturated heterocycles. The molecule has 1 aromatic rings. The van der Waals surface area contributed by atoms with Crippen LogP contribution in [0.25, 0.3) is 5.03 Å². The predicted octanol–water partition coefficient (Wildman–Crippen LogP) is 2.11. The zero-order chi connectivity index (χ0) is 8.55. The Morgan fingerprint density at radius 3 is 3.17 bits per heavy atom. The van der Waals surface area contributed by atoms with E-state index in [0.717, 1.165) is 23.0 Å². The monoisotopic (exact) mass is 180 g/mol. The quantitative estimate of drug-likeness (QED) is 0.608. The van der Waals surface area contributed by atoms with E-state index in [1.165, 1.54) is 0 Å². The lowest BCUT2D eigenvalue weighted by molar-refractivity contribution is 0.976. The summed E-state index contributed by atoms with van der Waals surface area (Å²) in [7, 11) is 2.01. The first-order valence-corrected chi connectivity index (χ1v) is 4.19. The second-order valence-electron chi connectivity index (χ2n) is 2.81. The fraction of sp³-hybridized carbons (Fsp3) is 0.222. The van der Waals surface area contributed by atoms with Crippen molar-refractivity contribution in [2.75, 3.05) is 18.5 Å². The summed E-state index contributed by atoms with van der Waals surface area (Å²) in [5.74, 6) is 0.963. The van der Waals surface area contributed by atoms with Crippen molar-refractivity contribution in [2.45, 2.75) is 0 Å². The molecular formula is C9H9ClN2. The van der Waals surface area contributed by atoms with Crippen LogP contribution in [-0.2, 0) is 0 Å². The van der Waals surface area contributed by atoms with E-state index in [1.807, 2.05) is 25.3 Å². The number of anilines is 1. The largest absolute Gasteiger partial charge is 0.355 e. The molecule has 12 heavy (non-hydrogen) atoms. The minimum atomic E-state index is 0.802. The molecule has 62 valence electrons. The van der Waals surface area contributed by atoms with Gasteiger partial charge >= 0.3 is 0 Å². The molecule has 2 heterocycles. The molecule has 0 spiro atoms. The molecule has 2 nitrogen and oxygen atoms in total. The van der Waals surface area contributed by atoms with Gasteiger partial charge in [0.25, 0.3) is 0 Å². The van der Waals surface area contributed by atoms with Gasteiger partial charge in [-0.15, -0.1) is 0 Å². The average Bonchev–Trinajstić information content (AvgIpc) is 2.12. The second-order valence-corrected chi connectivity index (χ2v) is 3.21. The highest BCUT2D eigenvalue weighted by atomic mass is 35.5. The van der Waals surface area contributed by atoms with E-state index in [0.29, 0.717) is 0 Å². The molecule has 2 rings (SSSR count). The van der Waals surface area contributed by atoms with Crippen molar-refractivity contribution >= 4 is 22.5 Å². The fourth-order valence-corrected chi connectivity index (χ4v) is 1.52. The summed E-state index contributed by atoms with van der Waals surface area (Å²) in [6.07, 6.45) is 3.77. The number of likely N-dealkylation sites (N-methyl/N-ethyl adjacent to an activating group) is 1. The van der Waals surface area contributed by atoms with Crippen LogP contribution in [-0.4, -0.2) is 18.6 Å². The number of hydrogen-bond acceptors (Lipinski definition) is 2. The SMILES string of the molecule is CN1CC=C(Cl)c2cccnc21. The molecule has 0 unspecified atom stereocenters. The van der Waals surface area contributed by atoms with Gasteiger partial charge in [0, 0.05) is 30.4 Å². The number of aromatic nitrogens is 1. The Bertz CT molecular complexity index is 333. The minimum Gasteiger partial charge on any atom is -0.355 e. The highest BCUT2D eigenvalue weighted by Crippen LogP contribution is 2.30. The van der Waals surface area contributed by atoms with Crippen molar-refractivity contribution in [3.63, 3.8) is 0 Å². The van der Waals surface area contributed by atoms with Crippen LogP contribution in [0.4, 0.5) is 5.82 Å². The van der Waals surface area contributed by atoms with Crippen molar-refractivity contribution in [2.24, 2.45) is 0 Å². The molecule has 1 aromatic heterocycles. The van der Waals surface area contributed by atoms with E-state index < -0.39 is 0 Å². The molecule has 1 aliphatic heterocycles. The van der Waals surface area contributed by atoms with Gasteiger partial charge in [-0.1, -0.05) is 11.6 Å². The Balaban J connectivity index is 2.58. The number of halogens is 1. The summed E-state index contributed by atoms with van der Waals surface area (Å²) in [4.78, 5) is 6.32. The maximum Gasteiger partial charge on any atom is 0.137 e. The van der Waals surface area contributed by atoms with Crippen molar-refractivity contribution in [1.29, 1.82) is 0 Å². The summed E-state index contributed by atoms with van der Waals surface area (Å²) in [6.45, 7) is 0.836. The Morgan fingerprint density at radius 2 is 2.42 bits per heavy atom. The smallest absolute Gasteiger partial charge is 0.137 e. The molecule has 0 N–H and O–H groups in total. The molecular weight excluding hydrogens is 172 g/mol. The molecule has 3 heteroatoms. The molecule has 0 radical (unpaired) electrons. The fourth-order valence-electron chi connectivity index (χ4n) is 1.30. The van der Waals surface area contributed by atoms with Gasteiger partial charge < -0.3 is 4.90 Å². The third-order valence-electron chi connectivity index (χ3n) is 1.95. The van der Waals surface area contributed by atoms with Crippen molar-refractivity contribution < 1.29 is 0 Å². The van der Waals surface area contributed by atoms with Crippen LogP contribution in [0.15, 0.2) is 24.4 Å². The van der Waals surface area contributed by atoms with E-state index in [1.54, 1.807) is 6.20 Å². The van der Waals surface area contributed by atoms with Gasteiger partial charge in [0.05, 0.1) is 0 Å². The Morgan fingerprint density at radius 1 is 1.58 bits per heavy atom. The van der Waals surface area contributed by atoms with E-state index in [2.05, 4.69) is 9.88 Å². The van der Waals surface area contributed by atoms with Gasteiger partial charge in [-0.2, -0.15) is 0 Å². The highest BCUT2D eigenvalue weighted by Gasteiger charge is 2.14. The predicted molar refractivity (Wildman–Crippen MR) is 51.3 cm³/mol. The summed E-state index contributed by atoms with van der Waals surface area (Å²) in [6, 6.07) is 3.88. The van der Waals surface area contributed by atoms with Crippen molar-refractivity contribution in [3.05, 3.63) is 30.0 Å². The summed E-state index contributed by atoms with van der Waals surface area (Å²) in [5, 5.41) is 0.802. The number of nitrogens with zero attached hydrogens (tertiary/aromatic N) is 2. The Kier molecular flexibility index (Phi) is 1.77. The zero-order valence-corrected chi connectivity index (χ0v) is 7.54. The van der Waals surface area contributed by atoms with Crippen molar-refractivity contribution in [1.82, 2.24) is 4.98 Å².